The Morgan fingerprint density at radius 1 is 0.969 bits per heavy atom. The maximum atomic E-state index is 12.4. The van der Waals surface area contributed by atoms with Gasteiger partial charge in [0.1, 0.15) is 12.3 Å². The lowest BCUT2D eigenvalue weighted by atomic mass is 10.1. The molecule has 2 aromatic heterocycles. The number of hydrogen-bond donors (Lipinski definition) is 1. The number of alkyl halides is 3. The van der Waals surface area contributed by atoms with Gasteiger partial charge in [-0.1, -0.05) is 42.5 Å². The van der Waals surface area contributed by atoms with Crippen LogP contribution in [-0.2, 0) is 13.3 Å². The summed E-state index contributed by atoms with van der Waals surface area (Å²) in [6.45, 7) is -1.15. The van der Waals surface area contributed by atoms with Crippen molar-refractivity contribution in [1.29, 1.82) is 0 Å². The van der Waals surface area contributed by atoms with Crippen LogP contribution in [0.4, 0.5) is 18.9 Å². The van der Waals surface area contributed by atoms with Gasteiger partial charge in [0.15, 0.2) is 12.4 Å². The lowest BCUT2D eigenvalue weighted by molar-refractivity contribution is -0.142. The molecule has 4 aromatic rings. The van der Waals surface area contributed by atoms with Crippen molar-refractivity contribution in [1.82, 2.24) is 19.6 Å². The number of hydrogen-bond acceptors (Lipinski definition) is 4. The number of carbonyl (C=O) groups excluding carboxylic acids is 1. The van der Waals surface area contributed by atoms with Crippen LogP contribution in [0, 0.1) is 0 Å². The summed E-state index contributed by atoms with van der Waals surface area (Å²) in [4.78, 5) is 12.3. The highest BCUT2D eigenvalue weighted by Gasteiger charge is 2.28. The zero-order valence-electron chi connectivity index (χ0n) is 16.7. The molecule has 164 valence electrons. The maximum absolute atomic E-state index is 12.4. The first kappa shape index (κ1) is 21.2. The monoisotopic (exact) mass is 441 g/mol. The number of amides is 1. The fraction of sp³-hybridized carbons (Fsp3) is 0.136. The van der Waals surface area contributed by atoms with Gasteiger partial charge in [0.25, 0.3) is 5.91 Å². The summed E-state index contributed by atoms with van der Waals surface area (Å²) >= 11 is 0. The summed E-state index contributed by atoms with van der Waals surface area (Å²) < 4.78 is 45.0. The second kappa shape index (κ2) is 8.96. The minimum absolute atomic E-state index is 0.0848. The average molecular weight is 441 g/mol. The molecule has 0 aliphatic rings. The zero-order valence-corrected chi connectivity index (χ0v) is 16.7. The van der Waals surface area contributed by atoms with Gasteiger partial charge in [0, 0.05) is 12.4 Å². The fourth-order valence-electron chi connectivity index (χ4n) is 2.96. The standard InChI is InChI=1S/C22H18F3N5O2/c23-22(24,25)14-30-13-18(12-26-30)27-21(31)20-10-11-29(28-20)15-32-19-8-6-17(7-9-19)16-4-2-1-3-5-16/h1-13H,14-15H2,(H,27,31). The molecule has 4 rings (SSSR count). The second-order valence-corrected chi connectivity index (χ2v) is 6.90. The van der Waals surface area contributed by atoms with Gasteiger partial charge < -0.3 is 10.1 Å². The molecule has 0 unspecified atom stereocenters. The molecule has 0 spiro atoms. The predicted octanol–water partition coefficient (Wildman–Crippen LogP) is 4.60. The molecule has 0 fully saturated rings. The zero-order chi connectivity index (χ0) is 22.6. The number of nitrogens with zero attached hydrogens (tertiary/aromatic N) is 4. The molecule has 0 aliphatic heterocycles. The first-order chi connectivity index (χ1) is 15.4. The average Bonchev–Trinajstić information content (AvgIpc) is 3.42. The molecule has 0 aliphatic carbocycles. The van der Waals surface area contributed by atoms with Crippen molar-refractivity contribution >= 4 is 11.6 Å². The first-order valence-corrected chi connectivity index (χ1v) is 9.58. The van der Waals surface area contributed by atoms with E-state index in [-0.39, 0.29) is 18.1 Å². The van der Waals surface area contributed by atoms with Gasteiger partial charge >= 0.3 is 6.18 Å². The molecule has 1 N–H and O–H groups in total. The number of nitrogens with one attached hydrogen (secondary N) is 1. The van der Waals surface area contributed by atoms with E-state index in [0.717, 1.165) is 23.5 Å². The molecule has 2 heterocycles. The van der Waals surface area contributed by atoms with Crippen LogP contribution >= 0.6 is 0 Å². The van der Waals surface area contributed by atoms with E-state index >= 15 is 0 Å². The van der Waals surface area contributed by atoms with Crippen LogP contribution in [0.1, 0.15) is 10.5 Å². The summed E-state index contributed by atoms with van der Waals surface area (Å²) in [5.74, 6) is 0.0748. The SMILES string of the molecule is O=C(Nc1cnn(CC(F)(F)F)c1)c1ccn(COc2ccc(-c3ccccc3)cc2)n1. The maximum Gasteiger partial charge on any atom is 0.408 e. The van der Waals surface area contributed by atoms with Gasteiger partial charge in [-0.2, -0.15) is 23.4 Å². The van der Waals surface area contributed by atoms with E-state index in [0.29, 0.717) is 10.4 Å². The summed E-state index contributed by atoms with van der Waals surface area (Å²) in [6, 6.07) is 19.0. The molecule has 0 bridgehead atoms. The van der Waals surface area contributed by atoms with Crippen LogP contribution in [-0.4, -0.2) is 31.6 Å². The molecule has 0 saturated carbocycles. The number of anilines is 1. The Bertz CT molecular complexity index is 1180. The van der Waals surface area contributed by atoms with Crippen LogP contribution in [0.5, 0.6) is 5.75 Å². The smallest absolute Gasteiger partial charge is 0.408 e. The summed E-state index contributed by atoms with van der Waals surface area (Å²) in [5.41, 5.74) is 2.40. The Morgan fingerprint density at radius 2 is 1.69 bits per heavy atom. The van der Waals surface area contributed by atoms with Crippen molar-refractivity contribution in [2.24, 2.45) is 0 Å². The van der Waals surface area contributed by atoms with Crippen LogP contribution < -0.4 is 10.1 Å². The highest BCUT2D eigenvalue weighted by molar-refractivity contribution is 6.02. The fourth-order valence-corrected chi connectivity index (χ4v) is 2.96. The molecule has 1 amide bonds. The van der Waals surface area contributed by atoms with Gasteiger partial charge in [-0.3, -0.25) is 9.48 Å². The topological polar surface area (TPSA) is 74.0 Å². The first-order valence-electron chi connectivity index (χ1n) is 9.58. The van der Waals surface area contributed by atoms with Crippen LogP contribution in [0.3, 0.4) is 0 Å². The quantitative estimate of drug-likeness (QED) is 0.455. The third-order valence-electron chi connectivity index (χ3n) is 4.43. The third-order valence-corrected chi connectivity index (χ3v) is 4.43. The molecular weight excluding hydrogens is 423 g/mol. The Morgan fingerprint density at radius 3 is 2.41 bits per heavy atom. The van der Waals surface area contributed by atoms with E-state index < -0.39 is 18.6 Å². The Hall–Kier alpha value is -4.08. The Kier molecular flexibility index (Phi) is 5.93. The summed E-state index contributed by atoms with van der Waals surface area (Å²) in [5, 5.41) is 10.2. The number of benzene rings is 2. The van der Waals surface area contributed by atoms with Crippen molar-refractivity contribution in [3.8, 4) is 16.9 Å². The largest absolute Gasteiger partial charge is 0.471 e. The minimum Gasteiger partial charge on any atom is -0.471 e. The molecule has 0 atom stereocenters. The summed E-state index contributed by atoms with van der Waals surface area (Å²) in [6.07, 6.45) is -0.582. The molecule has 0 saturated heterocycles. The van der Waals surface area contributed by atoms with Gasteiger partial charge in [0.05, 0.1) is 11.9 Å². The van der Waals surface area contributed by atoms with Crippen molar-refractivity contribution < 1.29 is 22.7 Å². The number of rotatable bonds is 7. The number of carbonyl (C=O) groups is 1. The Balaban J connectivity index is 1.31. The van der Waals surface area contributed by atoms with Crippen LogP contribution in [0.2, 0.25) is 0 Å². The van der Waals surface area contributed by atoms with Gasteiger partial charge in [-0.15, -0.1) is 0 Å². The van der Waals surface area contributed by atoms with Crippen LogP contribution in [0.25, 0.3) is 11.1 Å². The minimum atomic E-state index is -4.39. The highest BCUT2D eigenvalue weighted by atomic mass is 19.4. The lowest BCUT2D eigenvalue weighted by Gasteiger charge is -2.07. The van der Waals surface area contributed by atoms with E-state index in [2.05, 4.69) is 15.5 Å². The number of halogens is 3. The molecule has 0 radical (unpaired) electrons. The predicted molar refractivity (Wildman–Crippen MR) is 111 cm³/mol. The van der Waals surface area contributed by atoms with Crippen molar-refractivity contribution in [2.75, 3.05) is 5.32 Å². The van der Waals surface area contributed by atoms with Gasteiger partial charge in [-0.25, -0.2) is 4.68 Å². The van der Waals surface area contributed by atoms with Crippen molar-refractivity contribution in [3.63, 3.8) is 0 Å². The van der Waals surface area contributed by atoms with Crippen molar-refractivity contribution in [3.05, 3.63) is 84.9 Å². The lowest BCUT2D eigenvalue weighted by Crippen LogP contribution is -2.18. The molecule has 10 heteroatoms. The van der Waals surface area contributed by atoms with E-state index in [1.54, 1.807) is 6.20 Å². The molecule has 32 heavy (non-hydrogen) atoms. The molecule has 7 nitrogen and oxygen atoms in total. The molecule has 2 aromatic carbocycles. The van der Waals surface area contributed by atoms with Crippen molar-refractivity contribution in [2.45, 2.75) is 19.5 Å². The van der Waals surface area contributed by atoms with E-state index in [1.165, 1.54) is 10.7 Å². The van der Waals surface area contributed by atoms with E-state index in [4.69, 9.17) is 4.74 Å². The number of aromatic nitrogens is 4. The second-order valence-electron chi connectivity index (χ2n) is 6.90. The number of ether oxygens (including phenoxy) is 1. The van der Waals surface area contributed by atoms with Gasteiger partial charge in [-0.05, 0) is 29.3 Å². The summed E-state index contributed by atoms with van der Waals surface area (Å²) in [7, 11) is 0. The van der Waals surface area contributed by atoms with E-state index in [9.17, 15) is 18.0 Å². The Labute approximate surface area is 181 Å². The van der Waals surface area contributed by atoms with Gasteiger partial charge in [0.2, 0.25) is 0 Å². The third kappa shape index (κ3) is 5.54. The highest BCUT2D eigenvalue weighted by Crippen LogP contribution is 2.22. The molecular formula is C22H18F3N5O2. The van der Waals surface area contributed by atoms with Crippen LogP contribution in [0.15, 0.2) is 79.3 Å². The van der Waals surface area contributed by atoms with E-state index in [1.807, 2.05) is 54.6 Å². The normalized spacial score (nSPS) is 11.3.